The number of hydrogen-bond donors (Lipinski definition) is 1. The van der Waals surface area contributed by atoms with Gasteiger partial charge in [0.2, 0.25) is 0 Å². The van der Waals surface area contributed by atoms with Crippen molar-refractivity contribution < 1.29 is 0 Å². The molecular formula is C24H19ClN4O2S2. The molecule has 0 saturated heterocycles. The molecule has 33 heavy (non-hydrogen) atoms. The molecule has 1 atom stereocenters. The Balaban J connectivity index is 1.67. The highest BCUT2D eigenvalue weighted by Crippen LogP contribution is 2.35. The number of thiophene rings is 1. The number of rotatable bonds is 4. The Morgan fingerprint density at radius 1 is 1.06 bits per heavy atom. The van der Waals surface area contributed by atoms with Crippen LogP contribution in [0, 0.1) is 13.8 Å². The fourth-order valence-electron chi connectivity index (χ4n) is 3.68. The molecule has 0 spiro atoms. The number of aromatic amines is 1. The molecule has 166 valence electrons. The zero-order valence-electron chi connectivity index (χ0n) is 18.0. The molecule has 6 nitrogen and oxygen atoms in total. The summed E-state index contributed by atoms with van der Waals surface area (Å²) in [6.45, 7) is 5.88. The monoisotopic (exact) mass is 494 g/mol. The predicted octanol–water partition coefficient (Wildman–Crippen LogP) is 5.81. The normalized spacial score (nSPS) is 12.5. The minimum atomic E-state index is -0.257. The van der Waals surface area contributed by atoms with Crippen molar-refractivity contribution in [1.82, 2.24) is 19.5 Å². The zero-order chi connectivity index (χ0) is 23.3. The largest absolute Gasteiger partial charge is 0.309 e. The molecule has 9 heteroatoms. The van der Waals surface area contributed by atoms with Gasteiger partial charge in [0, 0.05) is 9.90 Å². The van der Waals surface area contributed by atoms with Gasteiger partial charge in [-0.3, -0.25) is 14.2 Å². The molecule has 3 aromatic heterocycles. The first-order valence-corrected chi connectivity index (χ1v) is 12.3. The van der Waals surface area contributed by atoms with Gasteiger partial charge in [-0.25, -0.2) is 9.97 Å². The summed E-state index contributed by atoms with van der Waals surface area (Å²) in [5.41, 5.74) is 1.94. The first kappa shape index (κ1) is 21.9. The number of hydrogen-bond acceptors (Lipinski definition) is 6. The fraction of sp³-hybridized carbons (Fsp3) is 0.167. The Kier molecular flexibility index (Phi) is 5.60. The summed E-state index contributed by atoms with van der Waals surface area (Å²) in [5, 5.41) is 2.03. The van der Waals surface area contributed by atoms with Gasteiger partial charge in [0.1, 0.15) is 10.7 Å². The summed E-state index contributed by atoms with van der Waals surface area (Å²) in [6.07, 6.45) is 0. The lowest BCUT2D eigenvalue weighted by molar-refractivity contribution is 0.812. The van der Waals surface area contributed by atoms with Crippen LogP contribution in [0.1, 0.15) is 28.4 Å². The van der Waals surface area contributed by atoms with E-state index >= 15 is 0 Å². The Morgan fingerprint density at radius 3 is 2.55 bits per heavy atom. The van der Waals surface area contributed by atoms with Gasteiger partial charge < -0.3 is 4.98 Å². The van der Waals surface area contributed by atoms with Crippen molar-refractivity contribution in [2.24, 2.45) is 0 Å². The van der Waals surface area contributed by atoms with Gasteiger partial charge in [0.25, 0.3) is 11.1 Å². The fourth-order valence-corrected chi connectivity index (χ4v) is 5.86. The van der Waals surface area contributed by atoms with Gasteiger partial charge in [0.15, 0.2) is 5.16 Å². The Hall–Kier alpha value is -2.94. The van der Waals surface area contributed by atoms with Crippen LogP contribution in [0.15, 0.2) is 63.3 Å². The third kappa shape index (κ3) is 3.88. The predicted molar refractivity (Wildman–Crippen MR) is 136 cm³/mol. The van der Waals surface area contributed by atoms with Crippen molar-refractivity contribution in [3.05, 3.63) is 90.5 Å². The number of nitrogens with one attached hydrogen (secondary N) is 1. The van der Waals surface area contributed by atoms with Crippen molar-refractivity contribution in [3.63, 3.8) is 0 Å². The van der Waals surface area contributed by atoms with Crippen molar-refractivity contribution in [1.29, 1.82) is 0 Å². The zero-order valence-corrected chi connectivity index (χ0v) is 20.4. The molecule has 0 radical (unpaired) electrons. The summed E-state index contributed by atoms with van der Waals surface area (Å²) >= 11 is 8.97. The number of nitrogens with zero attached hydrogens (tertiary/aromatic N) is 3. The van der Waals surface area contributed by atoms with E-state index in [1.807, 2.05) is 39.0 Å². The highest BCUT2D eigenvalue weighted by atomic mass is 35.5. The Labute approximate surface area is 202 Å². The number of benzene rings is 2. The van der Waals surface area contributed by atoms with E-state index in [2.05, 4.69) is 9.97 Å². The van der Waals surface area contributed by atoms with Gasteiger partial charge in [0.05, 0.1) is 27.2 Å². The van der Waals surface area contributed by atoms with Crippen LogP contribution < -0.4 is 11.1 Å². The summed E-state index contributed by atoms with van der Waals surface area (Å²) in [6, 6.07) is 14.3. The highest BCUT2D eigenvalue weighted by Gasteiger charge is 2.21. The van der Waals surface area contributed by atoms with Gasteiger partial charge in [-0.15, -0.1) is 11.3 Å². The van der Waals surface area contributed by atoms with Crippen LogP contribution in [0.2, 0.25) is 5.02 Å². The minimum Gasteiger partial charge on any atom is -0.309 e. The lowest BCUT2D eigenvalue weighted by Gasteiger charge is -2.16. The number of para-hydroxylation sites is 1. The van der Waals surface area contributed by atoms with E-state index < -0.39 is 0 Å². The maximum atomic E-state index is 13.6. The lowest BCUT2D eigenvalue weighted by atomic mass is 10.2. The quantitative estimate of drug-likeness (QED) is 0.252. The van der Waals surface area contributed by atoms with Crippen molar-refractivity contribution in [3.8, 4) is 5.69 Å². The third-order valence-corrected chi connectivity index (χ3v) is 7.97. The first-order chi connectivity index (χ1) is 15.8. The Bertz CT molecular complexity index is 1640. The standard InChI is InChI=1S/C24H19ClN4O2S2/c1-12-13(2)32-22-19(12)23(31)29(16-10-8-15(25)9-11-16)24(28-22)33-14(3)20-26-18-7-5-4-6-17(18)21(30)27-20/h4-11,14H,1-3H3,(H,26,27,30). The number of thioether (sulfide) groups is 1. The van der Waals surface area contributed by atoms with Gasteiger partial charge in [-0.1, -0.05) is 35.5 Å². The van der Waals surface area contributed by atoms with E-state index in [0.717, 1.165) is 10.4 Å². The second kappa shape index (κ2) is 8.44. The SMILES string of the molecule is Cc1sc2nc(SC(C)c3nc4ccccc4c(=O)[nH]3)n(-c3ccc(Cl)cc3)c(=O)c2c1C. The van der Waals surface area contributed by atoms with Crippen LogP contribution in [-0.4, -0.2) is 19.5 Å². The molecule has 1 N–H and O–H groups in total. The second-order valence-corrected chi connectivity index (χ2v) is 10.7. The second-order valence-electron chi connectivity index (χ2n) is 7.70. The number of halogens is 1. The van der Waals surface area contributed by atoms with Crippen LogP contribution in [0.5, 0.6) is 0 Å². The number of aryl methyl sites for hydroxylation is 2. The maximum Gasteiger partial charge on any atom is 0.267 e. The average molecular weight is 495 g/mol. The number of aromatic nitrogens is 4. The van der Waals surface area contributed by atoms with Crippen LogP contribution in [-0.2, 0) is 0 Å². The molecule has 5 aromatic rings. The first-order valence-electron chi connectivity index (χ1n) is 10.3. The van der Waals surface area contributed by atoms with E-state index in [0.29, 0.717) is 42.8 Å². The lowest BCUT2D eigenvalue weighted by Crippen LogP contribution is -2.22. The van der Waals surface area contributed by atoms with Gasteiger partial charge in [-0.05, 0) is 62.7 Å². The van der Waals surface area contributed by atoms with Gasteiger partial charge in [-0.2, -0.15) is 0 Å². The van der Waals surface area contributed by atoms with Crippen molar-refractivity contribution in [2.75, 3.05) is 0 Å². The summed E-state index contributed by atoms with van der Waals surface area (Å²) in [5.74, 6) is 0.527. The van der Waals surface area contributed by atoms with E-state index in [4.69, 9.17) is 16.6 Å². The van der Waals surface area contributed by atoms with E-state index in [1.165, 1.54) is 23.1 Å². The molecule has 5 rings (SSSR count). The average Bonchev–Trinajstić information content (AvgIpc) is 3.08. The maximum absolute atomic E-state index is 13.6. The molecule has 1 unspecified atom stereocenters. The minimum absolute atomic E-state index is 0.126. The molecule has 0 saturated carbocycles. The summed E-state index contributed by atoms with van der Waals surface area (Å²) < 4.78 is 1.61. The molecule has 0 bridgehead atoms. The molecular weight excluding hydrogens is 476 g/mol. The molecule has 2 aromatic carbocycles. The van der Waals surface area contributed by atoms with E-state index in [1.54, 1.807) is 34.9 Å². The van der Waals surface area contributed by atoms with Gasteiger partial charge >= 0.3 is 0 Å². The number of fused-ring (bicyclic) bond motifs is 2. The molecule has 0 fully saturated rings. The molecule has 0 aliphatic rings. The molecule has 3 heterocycles. The number of H-pyrrole nitrogens is 1. The molecule has 0 amide bonds. The topological polar surface area (TPSA) is 80.6 Å². The smallest absolute Gasteiger partial charge is 0.267 e. The van der Waals surface area contributed by atoms with E-state index in [9.17, 15) is 9.59 Å². The van der Waals surface area contributed by atoms with E-state index in [-0.39, 0.29) is 16.4 Å². The van der Waals surface area contributed by atoms with Crippen LogP contribution in [0.3, 0.4) is 0 Å². The molecule has 0 aliphatic carbocycles. The van der Waals surface area contributed by atoms with Crippen molar-refractivity contribution >= 4 is 55.8 Å². The third-order valence-electron chi connectivity index (χ3n) is 5.56. The van der Waals surface area contributed by atoms with Crippen molar-refractivity contribution in [2.45, 2.75) is 31.2 Å². The van der Waals surface area contributed by atoms with Crippen LogP contribution >= 0.6 is 34.7 Å². The van der Waals surface area contributed by atoms with Crippen LogP contribution in [0.4, 0.5) is 0 Å². The summed E-state index contributed by atoms with van der Waals surface area (Å²) in [4.78, 5) is 40.3. The Morgan fingerprint density at radius 2 is 1.79 bits per heavy atom. The summed E-state index contributed by atoms with van der Waals surface area (Å²) in [7, 11) is 0. The molecule has 0 aliphatic heterocycles. The van der Waals surface area contributed by atoms with Crippen LogP contribution in [0.25, 0.3) is 26.8 Å². The highest BCUT2D eigenvalue weighted by molar-refractivity contribution is 7.99.